The number of nitrogens with zero attached hydrogens (tertiary/aromatic N) is 1. The van der Waals surface area contributed by atoms with E-state index in [1.807, 2.05) is 0 Å². The molecule has 3 aromatic carbocycles. The zero-order valence-electron chi connectivity index (χ0n) is 19.2. The fourth-order valence-electron chi connectivity index (χ4n) is 3.03. The van der Waals surface area contributed by atoms with Gasteiger partial charge < -0.3 is 5.32 Å². The Morgan fingerprint density at radius 3 is 2.18 bits per heavy atom. The first kappa shape index (κ1) is 24.2. The lowest BCUT2D eigenvalue weighted by atomic mass is 9.95. The van der Waals surface area contributed by atoms with E-state index < -0.39 is 21.3 Å². The van der Waals surface area contributed by atoms with Crippen LogP contribution in [0.1, 0.15) is 31.1 Å². The van der Waals surface area contributed by atoms with Gasteiger partial charge in [-0.15, -0.1) is 0 Å². The first-order valence-electron chi connectivity index (χ1n) is 10.2. The number of carbonyl (C=O) groups is 2. The molecule has 0 unspecified atom stereocenters. The van der Waals surface area contributed by atoms with Crippen LogP contribution in [0.25, 0.3) is 10.8 Å². The topological polar surface area (TPSA) is 105 Å². The Balaban J connectivity index is 1.90. The standard InChI is InChI=1S/C24H27N3O5S/c1-24(2,3)23(29)25-18-11-13-19(14-12-18)26-33(30,31)21-8-6-7-16-9-10-17(15-20(16)21)22(28)27(4)32-5/h6-15,26H,1-5H3,(H,25,29). The molecule has 0 heterocycles. The summed E-state index contributed by atoms with van der Waals surface area (Å²) in [6.07, 6.45) is 0. The van der Waals surface area contributed by atoms with Gasteiger partial charge >= 0.3 is 0 Å². The van der Waals surface area contributed by atoms with Crippen LogP contribution in [-0.2, 0) is 19.7 Å². The number of carbonyl (C=O) groups excluding carboxylic acids is 2. The van der Waals surface area contributed by atoms with E-state index in [4.69, 9.17) is 4.84 Å². The van der Waals surface area contributed by atoms with E-state index in [2.05, 4.69) is 10.0 Å². The minimum atomic E-state index is -3.96. The summed E-state index contributed by atoms with van der Waals surface area (Å²) in [4.78, 5) is 29.6. The van der Waals surface area contributed by atoms with Crippen LogP contribution in [0.5, 0.6) is 0 Å². The molecule has 33 heavy (non-hydrogen) atoms. The summed E-state index contributed by atoms with van der Waals surface area (Å²) >= 11 is 0. The van der Waals surface area contributed by atoms with Crippen LogP contribution >= 0.6 is 0 Å². The SMILES string of the molecule is CON(C)C(=O)c1ccc2cccc(S(=O)(=O)Nc3ccc(NC(=O)C(C)(C)C)cc3)c2c1. The van der Waals surface area contributed by atoms with Gasteiger partial charge in [-0.3, -0.25) is 19.1 Å². The number of nitrogens with one attached hydrogen (secondary N) is 2. The molecule has 2 N–H and O–H groups in total. The number of anilines is 2. The molecule has 8 nitrogen and oxygen atoms in total. The van der Waals surface area contributed by atoms with Crippen molar-refractivity contribution in [3.63, 3.8) is 0 Å². The van der Waals surface area contributed by atoms with Gasteiger partial charge in [-0.05, 0) is 47.9 Å². The van der Waals surface area contributed by atoms with Crippen molar-refractivity contribution in [3.05, 3.63) is 66.2 Å². The number of rotatable bonds is 6. The van der Waals surface area contributed by atoms with Crippen LogP contribution in [0.3, 0.4) is 0 Å². The van der Waals surface area contributed by atoms with Crippen molar-refractivity contribution in [3.8, 4) is 0 Å². The Bertz CT molecular complexity index is 1300. The second-order valence-electron chi connectivity index (χ2n) is 8.56. The summed E-state index contributed by atoms with van der Waals surface area (Å²) in [5.41, 5.74) is 0.654. The van der Waals surface area contributed by atoms with E-state index in [0.29, 0.717) is 27.7 Å². The van der Waals surface area contributed by atoms with E-state index >= 15 is 0 Å². The summed E-state index contributed by atoms with van der Waals surface area (Å²) in [5, 5.41) is 4.95. The molecule has 0 fully saturated rings. The monoisotopic (exact) mass is 469 g/mol. The van der Waals surface area contributed by atoms with Crippen LogP contribution in [0.15, 0.2) is 65.6 Å². The number of fused-ring (bicyclic) bond motifs is 1. The van der Waals surface area contributed by atoms with Gasteiger partial charge in [-0.25, -0.2) is 13.5 Å². The van der Waals surface area contributed by atoms with Crippen molar-refractivity contribution in [1.29, 1.82) is 0 Å². The summed E-state index contributed by atoms with van der Waals surface area (Å²) in [7, 11) is -1.11. The van der Waals surface area contributed by atoms with Crippen molar-refractivity contribution in [2.24, 2.45) is 5.41 Å². The van der Waals surface area contributed by atoms with Crippen LogP contribution in [0.2, 0.25) is 0 Å². The maximum atomic E-state index is 13.2. The molecular formula is C24H27N3O5S. The summed E-state index contributed by atoms with van der Waals surface area (Å²) in [6.45, 7) is 5.42. The molecule has 0 aliphatic carbocycles. The smallest absolute Gasteiger partial charge is 0.277 e. The van der Waals surface area contributed by atoms with E-state index in [-0.39, 0.29) is 10.8 Å². The third-order valence-electron chi connectivity index (χ3n) is 5.01. The lowest BCUT2D eigenvalue weighted by molar-refractivity contribution is -0.123. The zero-order valence-corrected chi connectivity index (χ0v) is 20.0. The minimum absolute atomic E-state index is 0.0415. The third-order valence-corrected chi connectivity index (χ3v) is 6.45. The fraction of sp³-hybridized carbons (Fsp3) is 0.250. The molecular weight excluding hydrogens is 442 g/mol. The highest BCUT2D eigenvalue weighted by Gasteiger charge is 2.22. The van der Waals surface area contributed by atoms with Crippen molar-refractivity contribution in [1.82, 2.24) is 5.06 Å². The third kappa shape index (κ3) is 5.50. The number of sulfonamides is 1. The molecule has 0 aromatic heterocycles. The number of benzene rings is 3. The lowest BCUT2D eigenvalue weighted by Gasteiger charge is -2.18. The van der Waals surface area contributed by atoms with Crippen molar-refractivity contribution in [2.75, 3.05) is 24.2 Å². The molecule has 0 saturated carbocycles. The number of hydroxylamine groups is 2. The van der Waals surface area contributed by atoms with Gasteiger partial charge in [0.05, 0.1) is 12.0 Å². The Hall–Kier alpha value is -3.43. The Morgan fingerprint density at radius 1 is 0.939 bits per heavy atom. The van der Waals surface area contributed by atoms with Crippen molar-refractivity contribution < 1.29 is 22.8 Å². The van der Waals surface area contributed by atoms with Crippen LogP contribution in [-0.4, -0.2) is 39.5 Å². The second kappa shape index (κ2) is 9.21. The van der Waals surface area contributed by atoms with Crippen LogP contribution in [0, 0.1) is 5.41 Å². The molecule has 9 heteroatoms. The molecule has 174 valence electrons. The summed E-state index contributed by atoms with van der Waals surface area (Å²) in [5.74, 6) is -0.538. The highest BCUT2D eigenvalue weighted by atomic mass is 32.2. The highest BCUT2D eigenvalue weighted by Crippen LogP contribution is 2.27. The Kier molecular flexibility index (Phi) is 6.76. The van der Waals surface area contributed by atoms with E-state index in [1.165, 1.54) is 26.3 Å². The van der Waals surface area contributed by atoms with Gasteiger partial charge in [0.2, 0.25) is 5.91 Å². The molecule has 0 aliphatic heterocycles. The quantitative estimate of drug-likeness (QED) is 0.525. The maximum Gasteiger partial charge on any atom is 0.277 e. The molecule has 0 spiro atoms. The zero-order chi connectivity index (χ0) is 24.4. The van der Waals surface area contributed by atoms with E-state index in [1.54, 1.807) is 69.3 Å². The van der Waals surface area contributed by atoms with Crippen LogP contribution in [0.4, 0.5) is 11.4 Å². The molecule has 0 aliphatic rings. The van der Waals surface area contributed by atoms with Gasteiger partial charge in [0.25, 0.3) is 15.9 Å². The normalized spacial score (nSPS) is 11.8. The first-order chi connectivity index (χ1) is 15.4. The number of hydrogen-bond acceptors (Lipinski definition) is 5. The highest BCUT2D eigenvalue weighted by molar-refractivity contribution is 7.93. The Morgan fingerprint density at radius 2 is 1.58 bits per heavy atom. The molecule has 0 radical (unpaired) electrons. The van der Waals surface area contributed by atoms with Crippen molar-refractivity contribution >= 4 is 44.0 Å². The van der Waals surface area contributed by atoms with Crippen LogP contribution < -0.4 is 10.0 Å². The molecule has 3 aromatic rings. The number of hydrogen-bond donors (Lipinski definition) is 2. The summed E-state index contributed by atoms with van der Waals surface area (Å²) in [6, 6.07) is 16.1. The molecule has 0 atom stereocenters. The van der Waals surface area contributed by atoms with Crippen molar-refractivity contribution in [2.45, 2.75) is 25.7 Å². The maximum absolute atomic E-state index is 13.2. The van der Waals surface area contributed by atoms with Gasteiger partial charge in [-0.1, -0.05) is 39.0 Å². The average Bonchev–Trinajstić information content (AvgIpc) is 2.77. The first-order valence-corrected chi connectivity index (χ1v) is 11.7. The fourth-order valence-corrected chi connectivity index (χ4v) is 4.31. The average molecular weight is 470 g/mol. The van der Waals surface area contributed by atoms with E-state index in [0.717, 1.165) is 5.06 Å². The van der Waals surface area contributed by atoms with E-state index in [9.17, 15) is 18.0 Å². The van der Waals surface area contributed by atoms with Gasteiger partial charge in [0.15, 0.2) is 0 Å². The molecule has 0 bridgehead atoms. The van der Waals surface area contributed by atoms with Gasteiger partial charge in [0, 0.05) is 34.8 Å². The minimum Gasteiger partial charge on any atom is -0.326 e. The number of amides is 2. The lowest BCUT2D eigenvalue weighted by Crippen LogP contribution is -2.27. The predicted molar refractivity (Wildman–Crippen MR) is 128 cm³/mol. The Labute approximate surface area is 193 Å². The van der Waals surface area contributed by atoms with Gasteiger partial charge in [-0.2, -0.15) is 0 Å². The predicted octanol–water partition coefficient (Wildman–Crippen LogP) is 4.26. The summed E-state index contributed by atoms with van der Waals surface area (Å²) < 4.78 is 28.9. The van der Waals surface area contributed by atoms with Gasteiger partial charge in [0.1, 0.15) is 0 Å². The molecule has 3 rings (SSSR count). The molecule has 0 saturated heterocycles. The molecule has 2 amide bonds. The largest absolute Gasteiger partial charge is 0.326 e. The second-order valence-corrected chi connectivity index (χ2v) is 10.2.